The van der Waals surface area contributed by atoms with Crippen LogP contribution < -0.4 is 11.1 Å². The predicted molar refractivity (Wildman–Crippen MR) is 71.4 cm³/mol. The molecule has 0 spiro atoms. The molecule has 3 N–H and O–H groups in total. The van der Waals surface area contributed by atoms with Crippen LogP contribution in [0.4, 0.5) is 10.3 Å². The van der Waals surface area contributed by atoms with E-state index in [9.17, 15) is 4.79 Å². The molecule has 0 aromatic carbocycles. The fraction of sp³-hybridized carbons (Fsp3) is 0.300. The SMILES string of the molecule is Nc1nc2c(s1)CN(CC(=O)Nc1nccs1)C2. The van der Waals surface area contributed by atoms with Crippen LogP contribution in [0.2, 0.25) is 0 Å². The maximum Gasteiger partial charge on any atom is 0.240 e. The molecule has 1 aliphatic rings. The summed E-state index contributed by atoms with van der Waals surface area (Å²) in [4.78, 5) is 23.2. The summed E-state index contributed by atoms with van der Waals surface area (Å²) in [5.41, 5.74) is 6.63. The van der Waals surface area contributed by atoms with Gasteiger partial charge in [-0.2, -0.15) is 0 Å². The first kappa shape index (κ1) is 11.6. The minimum atomic E-state index is -0.0481. The molecule has 3 rings (SSSR count). The first-order valence-electron chi connectivity index (χ1n) is 5.36. The van der Waals surface area contributed by atoms with Crippen LogP contribution in [0.1, 0.15) is 10.6 Å². The highest BCUT2D eigenvalue weighted by Crippen LogP contribution is 2.29. The molecule has 8 heteroatoms. The molecule has 3 heterocycles. The van der Waals surface area contributed by atoms with Gasteiger partial charge in [-0.1, -0.05) is 0 Å². The molecule has 2 aromatic heterocycles. The van der Waals surface area contributed by atoms with Crippen molar-refractivity contribution < 1.29 is 4.79 Å². The number of nitrogens with two attached hydrogens (primary N) is 1. The van der Waals surface area contributed by atoms with Gasteiger partial charge >= 0.3 is 0 Å². The van der Waals surface area contributed by atoms with Crippen molar-refractivity contribution in [3.8, 4) is 0 Å². The molecule has 2 aromatic rings. The molecule has 0 aliphatic carbocycles. The molecule has 18 heavy (non-hydrogen) atoms. The Balaban J connectivity index is 1.56. The van der Waals surface area contributed by atoms with Crippen molar-refractivity contribution in [2.75, 3.05) is 17.6 Å². The Morgan fingerprint density at radius 2 is 2.44 bits per heavy atom. The van der Waals surface area contributed by atoms with Gasteiger partial charge in [0, 0.05) is 29.5 Å². The van der Waals surface area contributed by atoms with Crippen LogP contribution in [0.3, 0.4) is 0 Å². The summed E-state index contributed by atoms with van der Waals surface area (Å²) in [6.45, 7) is 1.78. The summed E-state index contributed by atoms with van der Waals surface area (Å²) >= 11 is 2.91. The van der Waals surface area contributed by atoms with E-state index in [1.165, 1.54) is 22.7 Å². The fourth-order valence-electron chi connectivity index (χ4n) is 1.88. The Hall–Kier alpha value is -1.51. The summed E-state index contributed by atoms with van der Waals surface area (Å²) in [5, 5.41) is 5.83. The molecule has 1 amide bonds. The van der Waals surface area contributed by atoms with Gasteiger partial charge in [-0.3, -0.25) is 9.69 Å². The molecule has 0 radical (unpaired) electrons. The quantitative estimate of drug-likeness (QED) is 0.881. The van der Waals surface area contributed by atoms with Crippen molar-refractivity contribution in [2.45, 2.75) is 13.1 Å². The van der Waals surface area contributed by atoms with E-state index in [0.717, 1.165) is 17.1 Å². The summed E-state index contributed by atoms with van der Waals surface area (Å²) in [6, 6.07) is 0. The Morgan fingerprint density at radius 3 is 3.17 bits per heavy atom. The Labute approximate surface area is 111 Å². The lowest BCUT2D eigenvalue weighted by atomic mass is 10.4. The maximum atomic E-state index is 11.8. The monoisotopic (exact) mass is 281 g/mol. The normalized spacial score (nSPS) is 14.7. The highest BCUT2D eigenvalue weighted by molar-refractivity contribution is 7.15. The molecule has 94 valence electrons. The number of nitrogen functional groups attached to an aromatic ring is 1. The molecule has 1 aliphatic heterocycles. The van der Waals surface area contributed by atoms with Crippen LogP contribution in [0, 0.1) is 0 Å². The number of nitrogens with one attached hydrogen (secondary N) is 1. The van der Waals surface area contributed by atoms with E-state index < -0.39 is 0 Å². The van der Waals surface area contributed by atoms with E-state index in [0.29, 0.717) is 23.4 Å². The molecule has 0 saturated carbocycles. The van der Waals surface area contributed by atoms with Gasteiger partial charge in [0.25, 0.3) is 0 Å². The second-order valence-electron chi connectivity index (χ2n) is 3.95. The second kappa shape index (κ2) is 4.63. The molecule has 0 saturated heterocycles. The molecular formula is C10H11N5OS2. The van der Waals surface area contributed by atoms with Crippen LogP contribution >= 0.6 is 22.7 Å². The number of hydrogen-bond acceptors (Lipinski definition) is 7. The zero-order valence-electron chi connectivity index (χ0n) is 9.42. The van der Waals surface area contributed by atoms with Gasteiger partial charge in [-0.25, -0.2) is 9.97 Å². The van der Waals surface area contributed by atoms with Gasteiger partial charge in [0.2, 0.25) is 5.91 Å². The van der Waals surface area contributed by atoms with E-state index in [-0.39, 0.29) is 5.91 Å². The number of hydrogen-bond donors (Lipinski definition) is 2. The highest BCUT2D eigenvalue weighted by Gasteiger charge is 2.24. The Kier molecular flexibility index (Phi) is 2.98. The van der Waals surface area contributed by atoms with E-state index in [4.69, 9.17) is 5.73 Å². The fourth-order valence-corrected chi connectivity index (χ4v) is 3.31. The highest BCUT2D eigenvalue weighted by atomic mass is 32.1. The van der Waals surface area contributed by atoms with Crippen molar-refractivity contribution in [3.63, 3.8) is 0 Å². The molecule has 0 fully saturated rings. The van der Waals surface area contributed by atoms with Crippen molar-refractivity contribution in [1.29, 1.82) is 0 Å². The van der Waals surface area contributed by atoms with E-state index in [2.05, 4.69) is 15.3 Å². The van der Waals surface area contributed by atoms with Gasteiger partial charge in [0.05, 0.1) is 12.2 Å². The van der Waals surface area contributed by atoms with Crippen molar-refractivity contribution in [1.82, 2.24) is 14.9 Å². The molecule has 0 unspecified atom stereocenters. The predicted octanol–water partition coefficient (Wildman–Crippen LogP) is 1.14. The average Bonchev–Trinajstić information content (AvgIpc) is 2.94. The van der Waals surface area contributed by atoms with Crippen LogP contribution in [-0.4, -0.2) is 27.3 Å². The lowest BCUT2D eigenvalue weighted by molar-refractivity contribution is -0.117. The number of anilines is 2. The third-order valence-corrected chi connectivity index (χ3v) is 4.18. The molecular weight excluding hydrogens is 270 g/mol. The van der Waals surface area contributed by atoms with Crippen LogP contribution in [0.15, 0.2) is 11.6 Å². The largest absolute Gasteiger partial charge is 0.375 e. The van der Waals surface area contributed by atoms with Crippen LogP contribution in [-0.2, 0) is 17.9 Å². The number of carbonyl (C=O) groups excluding carboxylic acids is 1. The van der Waals surface area contributed by atoms with Crippen LogP contribution in [0.25, 0.3) is 0 Å². The number of nitrogens with zero attached hydrogens (tertiary/aromatic N) is 3. The standard InChI is InChI=1S/C10H11N5OS2/c11-9-13-6-3-15(4-7(6)18-9)5-8(16)14-10-12-1-2-17-10/h1-2H,3-5H2,(H2,11,13)(H,12,14,16). The minimum Gasteiger partial charge on any atom is -0.375 e. The lowest BCUT2D eigenvalue weighted by Gasteiger charge is -2.13. The van der Waals surface area contributed by atoms with Crippen LogP contribution in [0.5, 0.6) is 0 Å². The summed E-state index contributed by atoms with van der Waals surface area (Å²) in [7, 11) is 0. The van der Waals surface area contributed by atoms with Gasteiger partial charge in [-0.05, 0) is 0 Å². The summed E-state index contributed by atoms with van der Waals surface area (Å²) in [6.07, 6.45) is 1.67. The third-order valence-electron chi connectivity index (χ3n) is 2.58. The number of thiazole rings is 2. The molecule has 6 nitrogen and oxygen atoms in total. The minimum absolute atomic E-state index is 0.0481. The molecule has 0 atom stereocenters. The number of fused-ring (bicyclic) bond motifs is 1. The van der Waals surface area contributed by atoms with E-state index in [1.54, 1.807) is 6.20 Å². The summed E-state index contributed by atoms with van der Waals surface area (Å²) < 4.78 is 0. The zero-order valence-corrected chi connectivity index (χ0v) is 11.1. The lowest BCUT2D eigenvalue weighted by Crippen LogP contribution is -2.29. The topological polar surface area (TPSA) is 84.1 Å². The Morgan fingerprint density at radius 1 is 1.56 bits per heavy atom. The van der Waals surface area contributed by atoms with Gasteiger partial charge in [0.1, 0.15) is 0 Å². The smallest absolute Gasteiger partial charge is 0.240 e. The number of aromatic nitrogens is 2. The van der Waals surface area contributed by atoms with Crippen molar-refractivity contribution in [3.05, 3.63) is 22.1 Å². The third kappa shape index (κ3) is 2.35. The van der Waals surface area contributed by atoms with Gasteiger partial charge in [-0.15, -0.1) is 22.7 Å². The second-order valence-corrected chi connectivity index (χ2v) is 5.96. The zero-order chi connectivity index (χ0) is 12.5. The van der Waals surface area contributed by atoms with Crippen molar-refractivity contribution >= 4 is 38.8 Å². The number of rotatable bonds is 3. The number of carbonyl (C=O) groups is 1. The first-order valence-corrected chi connectivity index (χ1v) is 7.06. The van der Waals surface area contributed by atoms with Gasteiger partial charge < -0.3 is 11.1 Å². The van der Waals surface area contributed by atoms with E-state index in [1.807, 2.05) is 10.3 Å². The number of amides is 1. The average molecular weight is 281 g/mol. The van der Waals surface area contributed by atoms with Crippen molar-refractivity contribution in [2.24, 2.45) is 0 Å². The first-order chi connectivity index (χ1) is 8.70. The van der Waals surface area contributed by atoms with E-state index >= 15 is 0 Å². The summed E-state index contributed by atoms with van der Waals surface area (Å²) in [5.74, 6) is -0.0481. The maximum absolute atomic E-state index is 11.8. The van der Waals surface area contributed by atoms with Gasteiger partial charge in [0.15, 0.2) is 10.3 Å². The Bertz CT molecular complexity index is 541. The molecule has 0 bridgehead atoms.